The summed E-state index contributed by atoms with van der Waals surface area (Å²) in [6, 6.07) is 10.3. The fourth-order valence-corrected chi connectivity index (χ4v) is 3.07. The normalized spacial score (nSPS) is 11.5. The van der Waals surface area contributed by atoms with Gasteiger partial charge in [0.2, 0.25) is 0 Å². The molecule has 0 radical (unpaired) electrons. The van der Waals surface area contributed by atoms with Gasteiger partial charge in [-0.25, -0.2) is 9.18 Å². The zero-order valence-corrected chi connectivity index (χ0v) is 18.3. The fourth-order valence-electron chi connectivity index (χ4n) is 2.71. The van der Waals surface area contributed by atoms with E-state index in [-0.39, 0.29) is 6.61 Å². The van der Waals surface area contributed by atoms with E-state index < -0.39 is 17.5 Å². The van der Waals surface area contributed by atoms with Gasteiger partial charge < -0.3 is 14.4 Å². The predicted molar refractivity (Wildman–Crippen MR) is 114 cm³/mol. The number of amides is 1. The largest absolute Gasteiger partial charge is 0.492 e. The number of hydrogen-bond acceptors (Lipinski definition) is 4. The number of halogens is 2. The van der Waals surface area contributed by atoms with E-state index in [1.165, 1.54) is 11.0 Å². The molecule has 1 aromatic heterocycles. The summed E-state index contributed by atoms with van der Waals surface area (Å²) in [6.45, 7) is 5.95. The fraction of sp³-hybridized carbons (Fsp3) is 0.333. The molecule has 0 fully saturated rings. The number of carbonyl (C=O) groups is 1. The van der Waals surface area contributed by atoms with Crippen LogP contribution in [0, 0.1) is 5.82 Å². The van der Waals surface area contributed by atoms with E-state index in [0.717, 1.165) is 15.4 Å². The highest BCUT2D eigenvalue weighted by atomic mass is 79.9. The van der Waals surface area contributed by atoms with E-state index in [1.807, 2.05) is 18.2 Å². The van der Waals surface area contributed by atoms with Gasteiger partial charge in [-0.2, -0.15) is 5.10 Å². The first-order valence-corrected chi connectivity index (χ1v) is 9.94. The Kier molecular flexibility index (Phi) is 6.12. The predicted octanol–water partition coefficient (Wildman–Crippen LogP) is 5.38. The molecule has 3 aromatic rings. The Morgan fingerprint density at radius 1 is 1.24 bits per heavy atom. The van der Waals surface area contributed by atoms with Crippen molar-refractivity contribution in [3.63, 3.8) is 0 Å². The van der Waals surface area contributed by atoms with E-state index in [9.17, 15) is 9.18 Å². The van der Waals surface area contributed by atoms with Gasteiger partial charge in [-0.05, 0) is 51.1 Å². The van der Waals surface area contributed by atoms with Crippen LogP contribution in [-0.4, -0.2) is 47.0 Å². The van der Waals surface area contributed by atoms with Gasteiger partial charge in [-0.15, -0.1) is 0 Å². The summed E-state index contributed by atoms with van der Waals surface area (Å²) in [5, 5.41) is 7.99. The summed E-state index contributed by atoms with van der Waals surface area (Å²) < 4.78 is 26.5. The molecular formula is C21H23BrFN3O3. The Balaban J connectivity index is 1.65. The second-order valence-corrected chi connectivity index (χ2v) is 8.57. The maximum Gasteiger partial charge on any atom is 0.410 e. The van der Waals surface area contributed by atoms with E-state index in [0.29, 0.717) is 23.6 Å². The van der Waals surface area contributed by atoms with Crippen LogP contribution in [0.2, 0.25) is 0 Å². The number of rotatable bonds is 5. The second-order valence-electron chi connectivity index (χ2n) is 7.65. The van der Waals surface area contributed by atoms with Crippen molar-refractivity contribution in [3.8, 4) is 17.0 Å². The second kappa shape index (κ2) is 8.41. The number of H-pyrrole nitrogens is 1. The molecule has 0 aliphatic rings. The number of ether oxygens (including phenoxy) is 2. The highest BCUT2D eigenvalue weighted by molar-refractivity contribution is 9.10. The maximum atomic E-state index is 14.7. The third kappa shape index (κ3) is 5.26. The average molecular weight is 464 g/mol. The molecule has 3 rings (SSSR count). The first-order valence-electron chi connectivity index (χ1n) is 9.14. The number of nitrogens with one attached hydrogen (secondary N) is 1. The van der Waals surface area contributed by atoms with Crippen LogP contribution < -0.4 is 4.74 Å². The lowest BCUT2D eigenvalue weighted by atomic mass is 10.1. The highest BCUT2D eigenvalue weighted by Gasteiger charge is 2.19. The van der Waals surface area contributed by atoms with Crippen molar-refractivity contribution in [2.75, 3.05) is 20.2 Å². The molecule has 2 aromatic carbocycles. The Labute approximate surface area is 177 Å². The van der Waals surface area contributed by atoms with Gasteiger partial charge >= 0.3 is 6.09 Å². The van der Waals surface area contributed by atoms with Crippen LogP contribution in [0.15, 0.2) is 40.9 Å². The molecule has 0 aliphatic heterocycles. The van der Waals surface area contributed by atoms with Gasteiger partial charge in [0.1, 0.15) is 29.5 Å². The van der Waals surface area contributed by atoms with Crippen molar-refractivity contribution in [1.29, 1.82) is 0 Å². The molecule has 0 saturated heterocycles. The molecule has 0 aliphatic carbocycles. The quantitative estimate of drug-likeness (QED) is 0.551. The summed E-state index contributed by atoms with van der Waals surface area (Å²) in [7, 11) is 1.63. The first kappa shape index (κ1) is 21.1. The van der Waals surface area contributed by atoms with Crippen LogP contribution >= 0.6 is 15.9 Å². The molecule has 8 heteroatoms. The molecule has 0 bridgehead atoms. The number of hydrogen-bond donors (Lipinski definition) is 1. The molecule has 1 heterocycles. The molecule has 0 spiro atoms. The Morgan fingerprint density at radius 3 is 2.69 bits per heavy atom. The van der Waals surface area contributed by atoms with Crippen molar-refractivity contribution in [1.82, 2.24) is 15.1 Å². The SMILES string of the molecule is CN(CCOc1ccc(-c2n[nH]c3cc(Br)ccc23)c(F)c1)C(=O)OC(C)(C)C. The van der Waals surface area contributed by atoms with Crippen molar-refractivity contribution >= 4 is 32.9 Å². The van der Waals surface area contributed by atoms with E-state index in [2.05, 4.69) is 26.1 Å². The molecule has 0 saturated carbocycles. The van der Waals surface area contributed by atoms with Crippen LogP contribution in [0.3, 0.4) is 0 Å². The van der Waals surface area contributed by atoms with Gasteiger partial charge in [0.05, 0.1) is 12.1 Å². The summed E-state index contributed by atoms with van der Waals surface area (Å²) in [6.07, 6.45) is -0.431. The van der Waals surface area contributed by atoms with Gasteiger partial charge in [0, 0.05) is 28.5 Å². The number of aromatic nitrogens is 2. The molecule has 0 unspecified atom stereocenters. The van der Waals surface area contributed by atoms with E-state index in [1.54, 1.807) is 40.0 Å². The minimum absolute atomic E-state index is 0.216. The number of aromatic amines is 1. The van der Waals surface area contributed by atoms with Gasteiger partial charge in [0.25, 0.3) is 0 Å². The van der Waals surface area contributed by atoms with Crippen LogP contribution in [0.1, 0.15) is 20.8 Å². The molecule has 29 heavy (non-hydrogen) atoms. The van der Waals surface area contributed by atoms with Crippen LogP contribution in [0.5, 0.6) is 5.75 Å². The summed E-state index contributed by atoms with van der Waals surface area (Å²) in [4.78, 5) is 13.4. The number of fused-ring (bicyclic) bond motifs is 1. The van der Waals surface area contributed by atoms with Gasteiger partial charge in [0.15, 0.2) is 0 Å². The minimum atomic E-state index is -0.558. The van der Waals surface area contributed by atoms with Crippen molar-refractivity contribution in [3.05, 3.63) is 46.7 Å². The maximum absolute atomic E-state index is 14.7. The minimum Gasteiger partial charge on any atom is -0.492 e. The number of carbonyl (C=O) groups excluding carboxylic acids is 1. The lowest BCUT2D eigenvalue weighted by molar-refractivity contribution is 0.0278. The third-order valence-corrected chi connectivity index (χ3v) is 4.61. The zero-order chi connectivity index (χ0) is 21.2. The Bertz CT molecular complexity index is 1030. The molecule has 1 amide bonds. The third-order valence-electron chi connectivity index (χ3n) is 4.12. The Hall–Kier alpha value is -2.61. The van der Waals surface area contributed by atoms with E-state index in [4.69, 9.17) is 9.47 Å². The lowest BCUT2D eigenvalue weighted by Crippen LogP contribution is -2.36. The van der Waals surface area contributed by atoms with Crippen LogP contribution in [-0.2, 0) is 4.74 Å². The number of nitrogens with zero attached hydrogens (tertiary/aromatic N) is 2. The van der Waals surface area contributed by atoms with Crippen LogP contribution in [0.4, 0.5) is 9.18 Å². The molecule has 6 nitrogen and oxygen atoms in total. The molecule has 154 valence electrons. The number of likely N-dealkylation sites (N-methyl/N-ethyl adjacent to an activating group) is 1. The van der Waals surface area contributed by atoms with Crippen molar-refractivity contribution in [2.24, 2.45) is 0 Å². The van der Waals surface area contributed by atoms with Crippen molar-refractivity contribution < 1.29 is 18.7 Å². The van der Waals surface area contributed by atoms with Gasteiger partial charge in [-0.1, -0.05) is 15.9 Å². The summed E-state index contributed by atoms with van der Waals surface area (Å²) >= 11 is 3.41. The summed E-state index contributed by atoms with van der Waals surface area (Å²) in [5.74, 6) is -0.0502. The number of benzene rings is 2. The molecule has 1 N–H and O–H groups in total. The standard InChI is InChI=1S/C21H23BrFN3O3/c1-21(2,3)29-20(27)26(4)9-10-28-14-6-8-15(17(23)12-14)19-16-7-5-13(22)11-18(16)24-25-19/h5-8,11-12H,9-10H2,1-4H3,(H,24,25). The topological polar surface area (TPSA) is 67.5 Å². The zero-order valence-electron chi connectivity index (χ0n) is 16.8. The van der Waals surface area contributed by atoms with Crippen molar-refractivity contribution in [2.45, 2.75) is 26.4 Å². The first-order chi connectivity index (χ1) is 13.6. The smallest absolute Gasteiger partial charge is 0.410 e. The lowest BCUT2D eigenvalue weighted by Gasteiger charge is -2.24. The monoisotopic (exact) mass is 463 g/mol. The Morgan fingerprint density at radius 2 is 2.00 bits per heavy atom. The highest BCUT2D eigenvalue weighted by Crippen LogP contribution is 2.31. The summed E-state index contributed by atoms with van der Waals surface area (Å²) in [5.41, 5.74) is 1.19. The molecular weight excluding hydrogens is 441 g/mol. The van der Waals surface area contributed by atoms with E-state index >= 15 is 0 Å². The van der Waals surface area contributed by atoms with Gasteiger partial charge in [-0.3, -0.25) is 5.10 Å². The van der Waals surface area contributed by atoms with Crippen LogP contribution in [0.25, 0.3) is 22.2 Å². The average Bonchev–Trinajstić information content (AvgIpc) is 3.03. The molecule has 0 atom stereocenters.